The zero-order valence-corrected chi connectivity index (χ0v) is 11.7. The van der Waals surface area contributed by atoms with Crippen LogP contribution in [0.2, 0.25) is 0 Å². The van der Waals surface area contributed by atoms with Gasteiger partial charge < -0.3 is 5.32 Å². The van der Waals surface area contributed by atoms with Crippen molar-refractivity contribution in [2.24, 2.45) is 5.92 Å². The van der Waals surface area contributed by atoms with Crippen LogP contribution in [0.3, 0.4) is 0 Å². The highest BCUT2D eigenvalue weighted by Crippen LogP contribution is 2.22. The van der Waals surface area contributed by atoms with Gasteiger partial charge in [0.15, 0.2) is 0 Å². The summed E-state index contributed by atoms with van der Waals surface area (Å²) in [5.74, 6) is 0.915. The fourth-order valence-electron chi connectivity index (χ4n) is 2.79. The van der Waals surface area contributed by atoms with Crippen LogP contribution in [0.15, 0.2) is 18.3 Å². The lowest BCUT2D eigenvalue weighted by molar-refractivity contribution is 0.309. The Morgan fingerprint density at radius 2 is 2.33 bits per heavy atom. The number of pyridine rings is 1. The van der Waals surface area contributed by atoms with Gasteiger partial charge in [-0.15, -0.1) is 0 Å². The third kappa shape index (κ3) is 3.79. The average molecular weight is 247 g/mol. The van der Waals surface area contributed by atoms with E-state index in [1.54, 1.807) is 0 Å². The van der Waals surface area contributed by atoms with Gasteiger partial charge in [0, 0.05) is 25.8 Å². The molecule has 2 rings (SSSR count). The number of nitrogens with zero attached hydrogens (tertiary/aromatic N) is 2. The molecule has 1 unspecified atom stereocenters. The molecule has 0 spiro atoms. The molecule has 0 saturated carbocycles. The normalized spacial score (nSPS) is 20.4. The van der Waals surface area contributed by atoms with Crippen LogP contribution in [-0.2, 0) is 13.1 Å². The smallest absolute Gasteiger partial charge is 0.0544 e. The van der Waals surface area contributed by atoms with Gasteiger partial charge in [0.1, 0.15) is 0 Å². The van der Waals surface area contributed by atoms with Crippen LogP contribution in [-0.4, -0.2) is 30.0 Å². The topological polar surface area (TPSA) is 28.2 Å². The Hall–Kier alpha value is -0.930. The van der Waals surface area contributed by atoms with Crippen molar-refractivity contribution in [3.63, 3.8) is 0 Å². The van der Waals surface area contributed by atoms with Crippen molar-refractivity contribution in [2.45, 2.75) is 39.3 Å². The Morgan fingerprint density at radius 1 is 1.44 bits per heavy atom. The van der Waals surface area contributed by atoms with E-state index in [1.165, 1.54) is 43.6 Å². The molecular weight excluding hydrogens is 222 g/mol. The first-order valence-corrected chi connectivity index (χ1v) is 7.12. The van der Waals surface area contributed by atoms with Gasteiger partial charge in [-0.05, 0) is 44.0 Å². The molecule has 1 fully saturated rings. The SMILES string of the molecule is CCCC1CCN(Cc2ccc(CNC)cn2)C1. The summed E-state index contributed by atoms with van der Waals surface area (Å²) in [7, 11) is 1.96. The van der Waals surface area contributed by atoms with E-state index in [2.05, 4.69) is 34.3 Å². The van der Waals surface area contributed by atoms with Crippen LogP contribution in [0, 0.1) is 5.92 Å². The third-order valence-corrected chi connectivity index (χ3v) is 3.72. The molecule has 3 nitrogen and oxygen atoms in total. The van der Waals surface area contributed by atoms with Gasteiger partial charge in [0.25, 0.3) is 0 Å². The molecule has 0 amide bonds. The molecule has 1 atom stereocenters. The number of hydrogen-bond donors (Lipinski definition) is 1. The number of likely N-dealkylation sites (tertiary alicyclic amines) is 1. The fraction of sp³-hybridized carbons (Fsp3) is 0.667. The lowest BCUT2D eigenvalue weighted by Crippen LogP contribution is -2.20. The first kappa shape index (κ1) is 13.5. The number of rotatable bonds is 6. The standard InChI is InChI=1S/C15H25N3/c1-3-4-13-7-8-18(11-13)12-15-6-5-14(9-16-2)10-17-15/h5-6,10,13,16H,3-4,7-9,11-12H2,1-2H3. The van der Waals surface area contributed by atoms with Crippen LogP contribution in [0.1, 0.15) is 37.4 Å². The van der Waals surface area contributed by atoms with E-state index in [4.69, 9.17) is 0 Å². The van der Waals surface area contributed by atoms with E-state index in [0.717, 1.165) is 19.0 Å². The number of hydrogen-bond acceptors (Lipinski definition) is 3. The van der Waals surface area contributed by atoms with Gasteiger partial charge in [-0.25, -0.2) is 0 Å². The van der Waals surface area contributed by atoms with Crippen molar-refractivity contribution in [3.8, 4) is 0 Å². The van der Waals surface area contributed by atoms with Crippen LogP contribution in [0.5, 0.6) is 0 Å². The van der Waals surface area contributed by atoms with Crippen LogP contribution >= 0.6 is 0 Å². The van der Waals surface area contributed by atoms with E-state index < -0.39 is 0 Å². The van der Waals surface area contributed by atoms with Gasteiger partial charge in [-0.2, -0.15) is 0 Å². The van der Waals surface area contributed by atoms with Crippen LogP contribution in [0.25, 0.3) is 0 Å². The van der Waals surface area contributed by atoms with Gasteiger partial charge in [0.2, 0.25) is 0 Å². The second-order valence-electron chi connectivity index (χ2n) is 5.37. The van der Waals surface area contributed by atoms with Gasteiger partial charge >= 0.3 is 0 Å². The van der Waals surface area contributed by atoms with Crippen molar-refractivity contribution in [1.82, 2.24) is 15.2 Å². The predicted octanol–water partition coefficient (Wildman–Crippen LogP) is 2.42. The number of nitrogens with one attached hydrogen (secondary N) is 1. The predicted molar refractivity (Wildman–Crippen MR) is 75.3 cm³/mol. The summed E-state index contributed by atoms with van der Waals surface area (Å²) >= 11 is 0. The molecule has 1 saturated heterocycles. The second kappa shape index (κ2) is 6.86. The van der Waals surface area contributed by atoms with Crippen molar-refractivity contribution in [3.05, 3.63) is 29.6 Å². The molecule has 1 aromatic rings. The second-order valence-corrected chi connectivity index (χ2v) is 5.37. The van der Waals surface area contributed by atoms with Crippen molar-refractivity contribution in [2.75, 3.05) is 20.1 Å². The highest BCUT2D eigenvalue weighted by Gasteiger charge is 2.21. The lowest BCUT2D eigenvalue weighted by Gasteiger charge is -2.15. The Labute approximate surface area is 111 Å². The molecular formula is C15H25N3. The van der Waals surface area contributed by atoms with Crippen LogP contribution in [0.4, 0.5) is 0 Å². The van der Waals surface area contributed by atoms with Gasteiger partial charge in [-0.1, -0.05) is 19.4 Å². The average Bonchev–Trinajstić information content (AvgIpc) is 2.80. The molecule has 1 aliphatic rings. The van der Waals surface area contributed by atoms with Gasteiger partial charge in [0.05, 0.1) is 5.69 Å². The third-order valence-electron chi connectivity index (χ3n) is 3.72. The van der Waals surface area contributed by atoms with E-state index >= 15 is 0 Å². The molecule has 3 heteroatoms. The molecule has 2 heterocycles. The zero-order valence-electron chi connectivity index (χ0n) is 11.7. The summed E-state index contributed by atoms with van der Waals surface area (Å²) in [6.45, 7) is 6.69. The minimum atomic E-state index is 0.898. The Morgan fingerprint density at radius 3 is 3.00 bits per heavy atom. The molecule has 1 aromatic heterocycles. The summed E-state index contributed by atoms with van der Waals surface area (Å²) in [5.41, 5.74) is 2.46. The maximum Gasteiger partial charge on any atom is 0.0544 e. The Bertz CT molecular complexity index is 347. The van der Waals surface area contributed by atoms with E-state index in [9.17, 15) is 0 Å². The molecule has 1 aliphatic heterocycles. The Balaban J connectivity index is 1.82. The molecule has 0 aromatic carbocycles. The van der Waals surface area contributed by atoms with E-state index in [-0.39, 0.29) is 0 Å². The summed E-state index contributed by atoms with van der Waals surface area (Å²) in [6.07, 6.45) is 6.05. The van der Waals surface area contributed by atoms with Crippen molar-refractivity contribution < 1.29 is 0 Å². The zero-order chi connectivity index (χ0) is 12.8. The molecule has 1 N–H and O–H groups in total. The fourth-order valence-corrected chi connectivity index (χ4v) is 2.79. The molecule has 0 aliphatic carbocycles. The first-order chi connectivity index (χ1) is 8.81. The Kier molecular flexibility index (Phi) is 5.14. The lowest BCUT2D eigenvalue weighted by atomic mass is 10.0. The maximum absolute atomic E-state index is 4.55. The molecule has 0 radical (unpaired) electrons. The largest absolute Gasteiger partial charge is 0.316 e. The minimum absolute atomic E-state index is 0.898. The number of aromatic nitrogens is 1. The first-order valence-electron chi connectivity index (χ1n) is 7.12. The highest BCUT2D eigenvalue weighted by atomic mass is 15.1. The summed E-state index contributed by atoms with van der Waals surface area (Å²) in [5, 5.41) is 3.15. The van der Waals surface area contributed by atoms with Crippen LogP contribution < -0.4 is 5.32 Å². The highest BCUT2D eigenvalue weighted by molar-refractivity contribution is 5.14. The maximum atomic E-state index is 4.55. The van der Waals surface area contributed by atoms with E-state index in [0.29, 0.717) is 0 Å². The molecule has 18 heavy (non-hydrogen) atoms. The van der Waals surface area contributed by atoms with E-state index in [1.807, 2.05) is 13.2 Å². The summed E-state index contributed by atoms with van der Waals surface area (Å²) < 4.78 is 0. The summed E-state index contributed by atoms with van der Waals surface area (Å²) in [6, 6.07) is 4.35. The molecule has 100 valence electrons. The van der Waals surface area contributed by atoms with Crippen molar-refractivity contribution in [1.29, 1.82) is 0 Å². The van der Waals surface area contributed by atoms with Crippen molar-refractivity contribution >= 4 is 0 Å². The monoisotopic (exact) mass is 247 g/mol. The summed E-state index contributed by atoms with van der Waals surface area (Å²) in [4.78, 5) is 7.09. The minimum Gasteiger partial charge on any atom is -0.316 e. The van der Waals surface area contributed by atoms with Gasteiger partial charge in [-0.3, -0.25) is 9.88 Å². The quantitative estimate of drug-likeness (QED) is 0.837. The molecule has 0 bridgehead atoms.